The van der Waals surface area contributed by atoms with Crippen molar-refractivity contribution in [1.82, 2.24) is 20.2 Å². The summed E-state index contributed by atoms with van der Waals surface area (Å²) in [5, 5.41) is 5.47. The average Bonchev–Trinajstić information content (AvgIpc) is 3.20. The van der Waals surface area contributed by atoms with Crippen LogP contribution in [0.4, 0.5) is 9.18 Å². The lowest BCUT2D eigenvalue weighted by molar-refractivity contribution is 0.240. The second-order valence-electron chi connectivity index (χ2n) is 6.64. The van der Waals surface area contributed by atoms with Gasteiger partial charge in [0.15, 0.2) is 11.5 Å². The van der Waals surface area contributed by atoms with Crippen LogP contribution < -0.4 is 20.1 Å². The quantitative estimate of drug-likeness (QED) is 0.546. The average molecular weight is 422 g/mol. The number of hydrogen-bond acceptors (Lipinski definition) is 4. The van der Waals surface area contributed by atoms with Gasteiger partial charge in [-0.3, -0.25) is 0 Å². The Bertz CT molecular complexity index is 1100. The van der Waals surface area contributed by atoms with Gasteiger partial charge in [-0.2, -0.15) is 0 Å². The molecular weight excluding hydrogens is 399 g/mol. The van der Waals surface area contributed by atoms with Crippen molar-refractivity contribution in [1.29, 1.82) is 0 Å². The Labute approximate surface area is 180 Å². The van der Waals surface area contributed by atoms with Crippen molar-refractivity contribution in [2.24, 2.45) is 0 Å². The Morgan fingerprint density at radius 2 is 1.87 bits per heavy atom. The normalized spacial score (nSPS) is 10.3. The van der Waals surface area contributed by atoms with Crippen molar-refractivity contribution in [3.8, 4) is 29.5 Å². The molecule has 1 heterocycles. The van der Waals surface area contributed by atoms with Gasteiger partial charge in [-0.1, -0.05) is 18.1 Å². The van der Waals surface area contributed by atoms with Gasteiger partial charge in [0, 0.05) is 25.5 Å². The molecule has 2 aromatic carbocycles. The van der Waals surface area contributed by atoms with Crippen LogP contribution in [0.1, 0.15) is 17.0 Å². The molecule has 0 unspecified atom stereocenters. The largest absolute Gasteiger partial charge is 0.493 e. The summed E-state index contributed by atoms with van der Waals surface area (Å²) in [4.78, 5) is 16.2. The molecule has 0 aliphatic carbocycles. The topological polar surface area (TPSA) is 77.4 Å². The van der Waals surface area contributed by atoms with Gasteiger partial charge in [0.25, 0.3) is 0 Å². The van der Waals surface area contributed by atoms with E-state index in [4.69, 9.17) is 15.9 Å². The summed E-state index contributed by atoms with van der Waals surface area (Å²) >= 11 is 0. The lowest BCUT2D eigenvalue weighted by atomic mass is 10.2. The van der Waals surface area contributed by atoms with E-state index in [1.165, 1.54) is 13.2 Å². The van der Waals surface area contributed by atoms with Crippen molar-refractivity contribution in [3.63, 3.8) is 0 Å². The molecule has 31 heavy (non-hydrogen) atoms. The maximum absolute atomic E-state index is 14.5. The summed E-state index contributed by atoms with van der Waals surface area (Å²) in [5.41, 5.74) is 1.86. The Balaban J connectivity index is 1.54. The van der Waals surface area contributed by atoms with Crippen LogP contribution in [0, 0.1) is 25.1 Å². The van der Waals surface area contributed by atoms with Crippen LogP contribution in [0.3, 0.4) is 0 Å². The molecule has 0 radical (unpaired) electrons. The zero-order chi connectivity index (χ0) is 22.2. The number of urea groups is 1. The lowest BCUT2D eigenvalue weighted by Gasteiger charge is -2.12. The minimum absolute atomic E-state index is 0.115. The molecule has 0 aliphatic rings. The zero-order valence-corrected chi connectivity index (χ0v) is 17.3. The molecule has 3 aromatic rings. The van der Waals surface area contributed by atoms with E-state index in [9.17, 15) is 9.18 Å². The van der Waals surface area contributed by atoms with Crippen LogP contribution >= 0.6 is 0 Å². The SMILES string of the molecule is C#CCOc1cc(CNC(=O)NCc2ccc(-n3ccnc3C)c(F)c2)ccc1OC. The molecule has 0 aliphatic heterocycles. The van der Waals surface area contributed by atoms with Gasteiger partial charge in [0.2, 0.25) is 0 Å². The van der Waals surface area contributed by atoms with Crippen molar-refractivity contribution in [2.75, 3.05) is 13.7 Å². The summed E-state index contributed by atoms with van der Waals surface area (Å²) in [6.45, 7) is 2.37. The molecule has 1 aromatic heterocycles. The number of aromatic nitrogens is 2. The first-order valence-corrected chi connectivity index (χ1v) is 9.55. The van der Waals surface area contributed by atoms with Gasteiger partial charge in [-0.05, 0) is 42.3 Å². The van der Waals surface area contributed by atoms with Crippen LogP contribution in [0.15, 0.2) is 48.8 Å². The first kappa shape index (κ1) is 21.7. The number of carbonyl (C=O) groups excluding carboxylic acids is 1. The number of amides is 2. The molecule has 2 N–H and O–H groups in total. The fraction of sp³-hybridized carbons (Fsp3) is 0.217. The number of terminal acetylenes is 1. The molecule has 0 saturated heterocycles. The van der Waals surface area contributed by atoms with E-state index in [1.54, 1.807) is 48.1 Å². The van der Waals surface area contributed by atoms with Crippen molar-refractivity contribution in [3.05, 3.63) is 71.6 Å². The number of benzene rings is 2. The molecule has 0 spiro atoms. The lowest BCUT2D eigenvalue weighted by Crippen LogP contribution is -2.34. The van der Waals surface area contributed by atoms with Gasteiger partial charge in [-0.25, -0.2) is 14.2 Å². The van der Waals surface area contributed by atoms with Gasteiger partial charge in [-0.15, -0.1) is 6.42 Å². The van der Waals surface area contributed by atoms with E-state index < -0.39 is 5.82 Å². The molecule has 7 nitrogen and oxygen atoms in total. The highest BCUT2D eigenvalue weighted by Gasteiger charge is 2.10. The van der Waals surface area contributed by atoms with Crippen LogP contribution in [0.2, 0.25) is 0 Å². The van der Waals surface area contributed by atoms with Crippen LogP contribution in [0.5, 0.6) is 11.5 Å². The Hall–Kier alpha value is -3.99. The molecular formula is C23H23FN4O3. The third kappa shape index (κ3) is 5.54. The van der Waals surface area contributed by atoms with Crippen LogP contribution in [0.25, 0.3) is 5.69 Å². The monoisotopic (exact) mass is 422 g/mol. The number of methoxy groups -OCH3 is 1. The van der Waals surface area contributed by atoms with E-state index in [2.05, 4.69) is 21.5 Å². The number of nitrogens with one attached hydrogen (secondary N) is 2. The van der Waals surface area contributed by atoms with Gasteiger partial charge >= 0.3 is 6.03 Å². The Morgan fingerprint density at radius 3 is 2.48 bits per heavy atom. The van der Waals surface area contributed by atoms with E-state index in [1.807, 2.05) is 6.07 Å². The number of halogens is 1. The number of hydrogen-bond donors (Lipinski definition) is 2. The van der Waals surface area contributed by atoms with Crippen molar-refractivity contribution in [2.45, 2.75) is 20.0 Å². The summed E-state index contributed by atoms with van der Waals surface area (Å²) in [5.74, 6) is 3.76. The molecule has 2 amide bonds. The molecule has 8 heteroatoms. The highest BCUT2D eigenvalue weighted by atomic mass is 19.1. The molecule has 0 saturated carbocycles. The molecule has 0 bridgehead atoms. The van der Waals surface area contributed by atoms with E-state index in [-0.39, 0.29) is 25.7 Å². The number of carbonyl (C=O) groups is 1. The highest BCUT2D eigenvalue weighted by Crippen LogP contribution is 2.28. The molecule has 3 rings (SSSR count). The minimum Gasteiger partial charge on any atom is -0.493 e. The van der Waals surface area contributed by atoms with Gasteiger partial charge < -0.3 is 24.7 Å². The molecule has 160 valence electrons. The number of aryl methyl sites for hydroxylation is 1. The third-order valence-corrected chi connectivity index (χ3v) is 4.54. The summed E-state index contributed by atoms with van der Waals surface area (Å²) in [6.07, 6.45) is 8.53. The smallest absolute Gasteiger partial charge is 0.315 e. The zero-order valence-electron chi connectivity index (χ0n) is 17.3. The minimum atomic E-state index is -0.390. The fourth-order valence-corrected chi connectivity index (χ4v) is 2.98. The second kappa shape index (κ2) is 10.2. The number of nitrogens with zero attached hydrogens (tertiary/aromatic N) is 2. The maximum Gasteiger partial charge on any atom is 0.315 e. The first-order valence-electron chi connectivity index (χ1n) is 9.55. The third-order valence-electron chi connectivity index (χ3n) is 4.54. The first-order chi connectivity index (χ1) is 15.0. The molecule has 0 atom stereocenters. The summed E-state index contributed by atoms with van der Waals surface area (Å²) in [6, 6.07) is 9.75. The van der Waals surface area contributed by atoms with E-state index in [0.29, 0.717) is 28.6 Å². The second-order valence-corrected chi connectivity index (χ2v) is 6.64. The Morgan fingerprint density at radius 1 is 1.16 bits per heavy atom. The summed E-state index contributed by atoms with van der Waals surface area (Å²) < 4.78 is 26.8. The summed E-state index contributed by atoms with van der Waals surface area (Å²) in [7, 11) is 1.54. The predicted octanol–water partition coefficient (Wildman–Crippen LogP) is 3.34. The highest BCUT2D eigenvalue weighted by molar-refractivity contribution is 5.73. The number of rotatable bonds is 8. The number of imidazole rings is 1. The van der Waals surface area contributed by atoms with Gasteiger partial charge in [0.1, 0.15) is 18.2 Å². The maximum atomic E-state index is 14.5. The van der Waals surface area contributed by atoms with E-state index in [0.717, 1.165) is 5.56 Å². The predicted molar refractivity (Wildman–Crippen MR) is 115 cm³/mol. The van der Waals surface area contributed by atoms with Crippen molar-refractivity contribution >= 4 is 6.03 Å². The van der Waals surface area contributed by atoms with Crippen molar-refractivity contribution < 1.29 is 18.7 Å². The van der Waals surface area contributed by atoms with Gasteiger partial charge in [0.05, 0.1) is 12.8 Å². The fourth-order valence-electron chi connectivity index (χ4n) is 2.98. The Kier molecular flexibility index (Phi) is 7.12. The molecule has 0 fully saturated rings. The van der Waals surface area contributed by atoms with Crippen LogP contribution in [-0.4, -0.2) is 29.3 Å². The standard InChI is InChI=1S/C23H23FN4O3/c1-4-11-31-22-13-18(6-8-21(22)30-3)15-27-23(29)26-14-17-5-7-20(19(24)12-17)28-10-9-25-16(28)2/h1,5-10,12-13H,11,14-15H2,2-3H3,(H2,26,27,29). The number of ether oxygens (including phenoxy) is 2. The van der Waals surface area contributed by atoms with Crippen LogP contribution in [-0.2, 0) is 13.1 Å². The van der Waals surface area contributed by atoms with E-state index >= 15 is 0 Å².